The second-order valence-electron chi connectivity index (χ2n) is 12.3. The van der Waals surface area contributed by atoms with Gasteiger partial charge in [0.25, 0.3) is 0 Å². The Morgan fingerprint density at radius 3 is 1.81 bits per heavy atom. The van der Waals surface area contributed by atoms with Crippen LogP contribution in [0.25, 0.3) is 91.9 Å². The molecule has 3 nitrogen and oxygen atoms in total. The summed E-state index contributed by atoms with van der Waals surface area (Å²) in [5.41, 5.74) is 10.7. The van der Waals surface area contributed by atoms with Crippen LogP contribution in [-0.4, -0.2) is 9.38 Å². The number of pyridine rings is 1. The van der Waals surface area contributed by atoms with E-state index in [1.807, 2.05) is 35.6 Å². The zero-order chi connectivity index (χ0) is 31.8. The van der Waals surface area contributed by atoms with Crippen LogP contribution in [0.3, 0.4) is 0 Å². The normalized spacial score (nSPS) is 11.7. The van der Waals surface area contributed by atoms with Crippen LogP contribution in [0.4, 0.5) is 0 Å². The van der Waals surface area contributed by atoms with E-state index < -0.39 is 0 Å². The Bertz CT molecular complexity index is 2930. The number of thiophene rings is 1. The maximum Gasteiger partial charge on any atom is 0.156 e. The van der Waals surface area contributed by atoms with Crippen LogP contribution in [0.5, 0.6) is 0 Å². The van der Waals surface area contributed by atoms with E-state index in [0.29, 0.717) is 5.56 Å². The largest absolute Gasteiger partial charge is 0.291 e. The Morgan fingerprint density at radius 2 is 1.12 bits per heavy atom. The molecule has 0 atom stereocenters. The Labute approximate surface area is 280 Å². The summed E-state index contributed by atoms with van der Waals surface area (Å²) in [6.07, 6.45) is 0. The van der Waals surface area contributed by atoms with E-state index in [-0.39, 0.29) is 0 Å². The van der Waals surface area contributed by atoms with Gasteiger partial charge in [-0.3, -0.25) is 4.40 Å². The molecule has 0 fully saturated rings. The summed E-state index contributed by atoms with van der Waals surface area (Å²) < 4.78 is 4.84. The van der Waals surface area contributed by atoms with Crippen LogP contribution in [-0.2, 0) is 0 Å². The van der Waals surface area contributed by atoms with Crippen LogP contribution >= 0.6 is 11.3 Å². The molecule has 48 heavy (non-hydrogen) atoms. The molecule has 3 aromatic heterocycles. The van der Waals surface area contributed by atoms with Crippen molar-refractivity contribution in [2.24, 2.45) is 0 Å². The van der Waals surface area contributed by atoms with Crippen molar-refractivity contribution in [3.05, 3.63) is 157 Å². The van der Waals surface area contributed by atoms with Gasteiger partial charge in [-0.2, -0.15) is 5.26 Å². The van der Waals surface area contributed by atoms with Gasteiger partial charge in [-0.1, -0.05) is 115 Å². The molecule has 0 bridgehead atoms. The van der Waals surface area contributed by atoms with Gasteiger partial charge in [0.05, 0.1) is 33.1 Å². The summed E-state index contributed by atoms with van der Waals surface area (Å²) in [5, 5.41) is 16.6. The summed E-state index contributed by atoms with van der Waals surface area (Å²) in [7, 11) is 0. The maximum absolute atomic E-state index is 9.28. The van der Waals surface area contributed by atoms with Crippen LogP contribution in [0.2, 0.25) is 0 Å². The first-order valence-corrected chi connectivity index (χ1v) is 16.8. The lowest BCUT2D eigenvalue weighted by atomic mass is 9.91. The minimum atomic E-state index is 0.667. The monoisotopic (exact) mass is 627 g/mol. The molecule has 0 saturated carbocycles. The van der Waals surface area contributed by atoms with Gasteiger partial charge in [-0.15, -0.1) is 11.3 Å². The summed E-state index contributed by atoms with van der Waals surface area (Å²) in [5.74, 6) is 0. The standard InChI is InChI=1S/C44H25N3S/c45-26-27-13-15-28(16-14-27)33-21-22-34(36-10-4-3-9-35(33)36)29-17-19-30(20-18-29)40-25-38-37-11-5-6-12-42(37)48-43(38)44-46-39-23-31-7-1-2-8-32(31)24-41(39)47(40)44/h1-25H. The second-order valence-corrected chi connectivity index (χ2v) is 13.4. The Balaban J connectivity index is 1.17. The van der Waals surface area contributed by atoms with Gasteiger partial charge < -0.3 is 0 Å². The highest BCUT2D eigenvalue weighted by Crippen LogP contribution is 2.42. The predicted octanol–water partition coefficient (Wildman–Crippen LogP) is 12.0. The predicted molar refractivity (Wildman–Crippen MR) is 202 cm³/mol. The molecule has 10 aromatic rings. The Morgan fingerprint density at radius 1 is 0.542 bits per heavy atom. The molecule has 10 rings (SSSR count). The third-order valence-electron chi connectivity index (χ3n) is 9.62. The first-order valence-electron chi connectivity index (χ1n) is 16.0. The highest BCUT2D eigenvalue weighted by molar-refractivity contribution is 7.26. The molecule has 0 spiro atoms. The van der Waals surface area contributed by atoms with Crippen LogP contribution in [0.1, 0.15) is 5.56 Å². The van der Waals surface area contributed by atoms with E-state index in [1.54, 1.807) is 0 Å². The lowest BCUT2D eigenvalue weighted by Crippen LogP contribution is -1.93. The number of nitriles is 1. The van der Waals surface area contributed by atoms with Crippen molar-refractivity contribution in [3.8, 4) is 39.6 Å². The molecule has 4 heteroatoms. The van der Waals surface area contributed by atoms with E-state index in [4.69, 9.17) is 4.98 Å². The summed E-state index contributed by atoms with van der Waals surface area (Å²) in [4.78, 5) is 5.27. The third-order valence-corrected chi connectivity index (χ3v) is 10.8. The van der Waals surface area contributed by atoms with Gasteiger partial charge in [0, 0.05) is 15.5 Å². The van der Waals surface area contributed by atoms with E-state index in [2.05, 4.69) is 138 Å². The highest BCUT2D eigenvalue weighted by Gasteiger charge is 2.18. The average molecular weight is 628 g/mol. The fraction of sp³-hybridized carbons (Fsp3) is 0. The molecule has 7 aromatic carbocycles. The number of hydrogen-bond donors (Lipinski definition) is 0. The van der Waals surface area contributed by atoms with Crippen LogP contribution in [0, 0.1) is 11.3 Å². The minimum absolute atomic E-state index is 0.667. The van der Waals surface area contributed by atoms with Gasteiger partial charge in [-0.25, -0.2) is 4.98 Å². The van der Waals surface area contributed by atoms with Crippen molar-refractivity contribution < 1.29 is 0 Å². The smallest absolute Gasteiger partial charge is 0.156 e. The molecule has 3 heterocycles. The molecule has 0 aliphatic rings. The minimum Gasteiger partial charge on any atom is -0.291 e. The van der Waals surface area contributed by atoms with Crippen molar-refractivity contribution in [2.45, 2.75) is 0 Å². The van der Waals surface area contributed by atoms with Crippen molar-refractivity contribution in [1.29, 1.82) is 5.26 Å². The van der Waals surface area contributed by atoms with Crippen molar-refractivity contribution in [3.63, 3.8) is 0 Å². The quantitative estimate of drug-likeness (QED) is 0.196. The number of nitrogens with zero attached hydrogens (tertiary/aromatic N) is 3. The van der Waals surface area contributed by atoms with E-state index in [0.717, 1.165) is 39.1 Å². The molecule has 0 radical (unpaired) electrons. The number of benzene rings is 7. The Kier molecular flexibility index (Phi) is 5.81. The van der Waals surface area contributed by atoms with Gasteiger partial charge in [-0.05, 0) is 85.8 Å². The number of fused-ring (bicyclic) bond motifs is 9. The molecular weight excluding hydrogens is 603 g/mol. The molecular formula is C44H25N3S. The zero-order valence-corrected chi connectivity index (χ0v) is 26.5. The third kappa shape index (κ3) is 4.02. The lowest BCUT2D eigenvalue weighted by molar-refractivity contribution is 1.25. The molecule has 0 amide bonds. The van der Waals surface area contributed by atoms with E-state index in [9.17, 15) is 5.26 Å². The number of imidazole rings is 1. The summed E-state index contributed by atoms with van der Waals surface area (Å²) in [6.45, 7) is 0. The first-order chi connectivity index (χ1) is 23.7. The Hall–Kier alpha value is -6.28. The molecule has 222 valence electrons. The fourth-order valence-corrected chi connectivity index (χ4v) is 8.46. The first kappa shape index (κ1) is 26.9. The van der Waals surface area contributed by atoms with Gasteiger partial charge >= 0.3 is 0 Å². The maximum atomic E-state index is 9.28. The van der Waals surface area contributed by atoms with Gasteiger partial charge in [0.15, 0.2) is 5.65 Å². The number of aromatic nitrogens is 2. The fourth-order valence-electron chi connectivity index (χ4n) is 7.30. The molecule has 0 aliphatic carbocycles. The topological polar surface area (TPSA) is 41.1 Å². The zero-order valence-electron chi connectivity index (χ0n) is 25.7. The average Bonchev–Trinajstić information content (AvgIpc) is 3.71. The number of rotatable bonds is 3. The van der Waals surface area contributed by atoms with Crippen molar-refractivity contribution >= 4 is 69.7 Å². The molecule has 0 N–H and O–H groups in total. The van der Waals surface area contributed by atoms with E-state index >= 15 is 0 Å². The highest BCUT2D eigenvalue weighted by atomic mass is 32.1. The lowest BCUT2D eigenvalue weighted by Gasteiger charge is -2.13. The van der Waals surface area contributed by atoms with Gasteiger partial charge in [0.1, 0.15) is 0 Å². The van der Waals surface area contributed by atoms with E-state index in [1.165, 1.54) is 52.8 Å². The number of hydrogen-bond acceptors (Lipinski definition) is 3. The second kappa shape index (κ2) is 10.4. The summed E-state index contributed by atoms with van der Waals surface area (Å²) in [6, 6.07) is 56.1. The SMILES string of the molecule is N#Cc1ccc(-c2ccc(-c3ccc(-c4cc5c6ccccc6sc5c5nc6cc7ccccc7cc6n45)cc3)c3ccccc23)cc1. The molecule has 0 unspecified atom stereocenters. The van der Waals surface area contributed by atoms with Crippen LogP contribution < -0.4 is 0 Å². The van der Waals surface area contributed by atoms with Gasteiger partial charge in [0.2, 0.25) is 0 Å². The molecule has 0 saturated heterocycles. The summed E-state index contributed by atoms with van der Waals surface area (Å²) >= 11 is 1.82. The van der Waals surface area contributed by atoms with Crippen molar-refractivity contribution in [1.82, 2.24) is 9.38 Å². The van der Waals surface area contributed by atoms with Crippen LogP contribution in [0.15, 0.2) is 152 Å². The van der Waals surface area contributed by atoms with Crippen molar-refractivity contribution in [2.75, 3.05) is 0 Å². The molecule has 0 aliphatic heterocycles.